The molecule has 4 N–H and O–H groups in total. The van der Waals surface area contributed by atoms with Crippen LogP contribution >= 0.6 is 0 Å². The van der Waals surface area contributed by atoms with Gasteiger partial charge in [-0.25, -0.2) is 4.79 Å². The van der Waals surface area contributed by atoms with Crippen molar-refractivity contribution in [1.29, 1.82) is 0 Å². The molecule has 0 amide bonds. The molecule has 3 rings (SSSR count). The van der Waals surface area contributed by atoms with Crippen molar-refractivity contribution in [2.45, 2.75) is 39.3 Å². The number of aromatic amines is 1. The van der Waals surface area contributed by atoms with Gasteiger partial charge in [0, 0.05) is 19.6 Å². The second-order valence-electron chi connectivity index (χ2n) is 7.12. The molecule has 3 aromatic rings. The van der Waals surface area contributed by atoms with Gasteiger partial charge >= 0.3 is 17.7 Å². The number of benzene rings is 1. The van der Waals surface area contributed by atoms with E-state index >= 15 is 0 Å². The van der Waals surface area contributed by atoms with Gasteiger partial charge in [0.2, 0.25) is 0 Å². The first kappa shape index (κ1) is 22.3. The number of nitrogen functional groups attached to an aromatic ring is 1. The predicted octanol–water partition coefficient (Wildman–Crippen LogP) is 1.39. The van der Waals surface area contributed by atoms with Crippen molar-refractivity contribution in [3.63, 3.8) is 0 Å². The van der Waals surface area contributed by atoms with Crippen LogP contribution < -0.4 is 21.5 Å². The Kier molecular flexibility index (Phi) is 7.60. The summed E-state index contributed by atoms with van der Waals surface area (Å²) in [4.78, 5) is 35.0. The molecule has 0 saturated carbocycles. The summed E-state index contributed by atoms with van der Waals surface area (Å²) in [5, 5.41) is 3.30. The van der Waals surface area contributed by atoms with E-state index in [9.17, 15) is 9.59 Å². The standard InChI is InChI=1S/C21H28N6O4/c1-3-4-10-31-20-25-18(22)17-19(26-20)27(21(29)24-17)9-8-23-13-15-7-5-6-14(11-15)12-16(28)30-2/h5-7,11,23H,3-4,8-10,12-13H2,1-2H3,(H,24,29)(H2,22,25,26). The van der Waals surface area contributed by atoms with E-state index in [0.29, 0.717) is 37.4 Å². The molecule has 0 aliphatic carbocycles. The molecule has 0 aliphatic rings. The van der Waals surface area contributed by atoms with Crippen molar-refractivity contribution in [3.8, 4) is 6.01 Å². The number of imidazole rings is 1. The molecule has 10 nitrogen and oxygen atoms in total. The fraction of sp³-hybridized carbons (Fsp3) is 0.429. The summed E-state index contributed by atoms with van der Waals surface area (Å²) in [6.45, 7) is 4.07. The van der Waals surface area contributed by atoms with Crippen molar-refractivity contribution in [2.75, 3.05) is 26.0 Å². The Bertz CT molecular complexity index is 1090. The summed E-state index contributed by atoms with van der Waals surface area (Å²) in [5.41, 5.74) is 8.42. The van der Waals surface area contributed by atoms with Crippen LogP contribution in [-0.4, -0.2) is 45.7 Å². The summed E-state index contributed by atoms with van der Waals surface area (Å²) >= 11 is 0. The minimum Gasteiger partial charge on any atom is -0.469 e. The molecule has 0 bridgehead atoms. The number of aromatic nitrogens is 4. The van der Waals surface area contributed by atoms with Crippen LogP contribution in [0.1, 0.15) is 30.9 Å². The Hall–Kier alpha value is -3.40. The zero-order valence-corrected chi connectivity index (χ0v) is 17.8. The van der Waals surface area contributed by atoms with E-state index in [1.54, 1.807) is 0 Å². The quantitative estimate of drug-likeness (QED) is 0.308. The summed E-state index contributed by atoms with van der Waals surface area (Å²) in [5.74, 6) is -0.0918. The SMILES string of the molecule is CCCCOc1nc(N)c2[nH]c(=O)n(CCNCc3cccc(CC(=O)OC)c3)c2n1. The number of hydrogen-bond acceptors (Lipinski definition) is 8. The number of carbonyl (C=O) groups is 1. The van der Waals surface area contributed by atoms with E-state index < -0.39 is 0 Å². The zero-order valence-electron chi connectivity index (χ0n) is 17.8. The minimum absolute atomic E-state index is 0.168. The molecule has 0 unspecified atom stereocenters. The number of unbranched alkanes of at least 4 members (excludes halogenated alkanes) is 1. The van der Waals surface area contributed by atoms with Crippen LogP contribution in [-0.2, 0) is 29.0 Å². The first-order chi connectivity index (χ1) is 15.0. The van der Waals surface area contributed by atoms with Crippen molar-refractivity contribution < 1.29 is 14.3 Å². The highest BCUT2D eigenvalue weighted by Crippen LogP contribution is 2.17. The molecule has 10 heteroatoms. The third-order valence-electron chi connectivity index (χ3n) is 4.77. The van der Waals surface area contributed by atoms with E-state index in [4.69, 9.17) is 15.2 Å². The summed E-state index contributed by atoms with van der Waals surface area (Å²) in [6.07, 6.45) is 2.11. The monoisotopic (exact) mass is 428 g/mol. The largest absolute Gasteiger partial charge is 0.469 e. The van der Waals surface area contributed by atoms with Crippen molar-refractivity contribution in [2.24, 2.45) is 0 Å². The maximum atomic E-state index is 12.4. The molecular weight excluding hydrogens is 400 g/mol. The maximum absolute atomic E-state index is 12.4. The smallest absolute Gasteiger partial charge is 0.327 e. The van der Waals surface area contributed by atoms with Crippen LogP contribution in [0.25, 0.3) is 11.2 Å². The lowest BCUT2D eigenvalue weighted by molar-refractivity contribution is -0.139. The lowest BCUT2D eigenvalue weighted by Gasteiger charge is -2.08. The Labute approximate surface area is 179 Å². The normalized spacial score (nSPS) is 11.0. The first-order valence-corrected chi connectivity index (χ1v) is 10.3. The number of fused-ring (bicyclic) bond motifs is 1. The van der Waals surface area contributed by atoms with E-state index in [2.05, 4.69) is 27.2 Å². The highest BCUT2D eigenvalue weighted by atomic mass is 16.5. The number of carbonyl (C=O) groups excluding carboxylic acids is 1. The number of rotatable bonds is 11. The maximum Gasteiger partial charge on any atom is 0.327 e. The number of anilines is 1. The topological polar surface area (TPSA) is 137 Å². The number of H-pyrrole nitrogens is 1. The molecule has 0 spiro atoms. The molecule has 0 atom stereocenters. The molecular formula is C21H28N6O4. The van der Waals surface area contributed by atoms with Gasteiger partial charge in [0.05, 0.1) is 20.1 Å². The van der Waals surface area contributed by atoms with Gasteiger partial charge in [-0.15, -0.1) is 0 Å². The van der Waals surface area contributed by atoms with E-state index in [0.717, 1.165) is 24.0 Å². The second kappa shape index (κ2) is 10.6. The van der Waals surface area contributed by atoms with Gasteiger partial charge in [-0.2, -0.15) is 9.97 Å². The Balaban J connectivity index is 1.63. The molecule has 31 heavy (non-hydrogen) atoms. The number of methoxy groups -OCH3 is 1. The Morgan fingerprint density at radius 1 is 1.29 bits per heavy atom. The van der Waals surface area contributed by atoms with E-state index in [1.165, 1.54) is 11.7 Å². The Morgan fingerprint density at radius 3 is 2.87 bits per heavy atom. The lowest BCUT2D eigenvalue weighted by atomic mass is 10.1. The highest BCUT2D eigenvalue weighted by Gasteiger charge is 2.14. The van der Waals surface area contributed by atoms with Crippen LogP contribution in [0, 0.1) is 0 Å². The molecule has 2 aromatic heterocycles. The third kappa shape index (κ3) is 5.82. The fourth-order valence-electron chi connectivity index (χ4n) is 3.12. The minimum atomic E-state index is -0.302. The van der Waals surface area contributed by atoms with Crippen molar-refractivity contribution >= 4 is 23.0 Å². The molecule has 0 saturated heterocycles. The van der Waals surface area contributed by atoms with Crippen LogP contribution in [0.15, 0.2) is 29.1 Å². The van der Waals surface area contributed by atoms with Crippen LogP contribution in [0.5, 0.6) is 6.01 Å². The van der Waals surface area contributed by atoms with Gasteiger partial charge in [0.15, 0.2) is 11.5 Å². The number of nitrogens with zero attached hydrogens (tertiary/aromatic N) is 3. The number of hydrogen-bond donors (Lipinski definition) is 3. The number of ether oxygens (including phenoxy) is 2. The second-order valence-corrected chi connectivity index (χ2v) is 7.12. The average molecular weight is 428 g/mol. The molecule has 0 radical (unpaired) electrons. The number of esters is 1. The first-order valence-electron chi connectivity index (χ1n) is 10.3. The van der Waals surface area contributed by atoms with Crippen LogP contribution in [0.4, 0.5) is 5.82 Å². The molecule has 2 heterocycles. The highest BCUT2D eigenvalue weighted by molar-refractivity contribution is 5.81. The molecule has 1 aromatic carbocycles. The summed E-state index contributed by atoms with van der Waals surface area (Å²) in [6, 6.07) is 7.88. The predicted molar refractivity (Wildman–Crippen MR) is 117 cm³/mol. The Morgan fingerprint density at radius 2 is 2.10 bits per heavy atom. The van der Waals surface area contributed by atoms with Gasteiger partial charge in [-0.05, 0) is 17.5 Å². The number of nitrogens with two attached hydrogens (primary N) is 1. The fourth-order valence-corrected chi connectivity index (χ4v) is 3.12. The lowest BCUT2D eigenvalue weighted by Crippen LogP contribution is -2.25. The zero-order chi connectivity index (χ0) is 22.2. The van der Waals surface area contributed by atoms with Gasteiger partial charge < -0.3 is 25.5 Å². The van der Waals surface area contributed by atoms with Crippen LogP contribution in [0.2, 0.25) is 0 Å². The van der Waals surface area contributed by atoms with Gasteiger partial charge in [0.1, 0.15) is 5.52 Å². The van der Waals surface area contributed by atoms with Crippen LogP contribution in [0.3, 0.4) is 0 Å². The van der Waals surface area contributed by atoms with E-state index in [1.807, 2.05) is 24.3 Å². The average Bonchev–Trinajstić information content (AvgIpc) is 3.07. The summed E-state index contributed by atoms with van der Waals surface area (Å²) in [7, 11) is 1.37. The number of nitrogens with one attached hydrogen (secondary N) is 2. The molecule has 0 aliphatic heterocycles. The third-order valence-corrected chi connectivity index (χ3v) is 4.77. The molecule has 166 valence electrons. The van der Waals surface area contributed by atoms with E-state index in [-0.39, 0.29) is 29.9 Å². The molecule has 0 fully saturated rings. The van der Waals surface area contributed by atoms with Gasteiger partial charge in [0.25, 0.3) is 0 Å². The van der Waals surface area contributed by atoms with Crippen molar-refractivity contribution in [1.82, 2.24) is 24.8 Å². The van der Waals surface area contributed by atoms with Gasteiger partial charge in [-0.1, -0.05) is 37.6 Å². The summed E-state index contributed by atoms with van der Waals surface area (Å²) < 4.78 is 11.8. The van der Waals surface area contributed by atoms with Crippen molar-refractivity contribution in [3.05, 3.63) is 45.9 Å². The van der Waals surface area contributed by atoms with Gasteiger partial charge in [-0.3, -0.25) is 9.36 Å².